The number of hydrogen-bond acceptors (Lipinski definition) is 8. The van der Waals surface area contributed by atoms with Crippen LogP contribution in [0, 0.1) is 28.6 Å². The summed E-state index contributed by atoms with van der Waals surface area (Å²) in [4.78, 5) is 95.9. The van der Waals surface area contributed by atoms with Gasteiger partial charge in [-0.15, -0.1) is 0 Å². The third kappa shape index (κ3) is 10.1. The van der Waals surface area contributed by atoms with Gasteiger partial charge in [-0.2, -0.15) is 0 Å². The van der Waals surface area contributed by atoms with Crippen LogP contribution in [0.4, 0.5) is 4.79 Å². The molecule has 1 aromatic carbocycles. The lowest BCUT2D eigenvalue weighted by Gasteiger charge is -2.37. The Morgan fingerprint density at radius 2 is 1.55 bits per heavy atom. The molecule has 1 saturated heterocycles. The van der Waals surface area contributed by atoms with Gasteiger partial charge in [0.25, 0.3) is 5.91 Å². The Morgan fingerprint density at radius 3 is 2.08 bits per heavy atom. The summed E-state index contributed by atoms with van der Waals surface area (Å²) >= 11 is 0. The predicted molar refractivity (Wildman–Crippen MR) is 190 cm³/mol. The van der Waals surface area contributed by atoms with Crippen molar-refractivity contribution in [3.05, 3.63) is 35.9 Å². The van der Waals surface area contributed by atoms with Crippen LogP contribution in [-0.2, 0) is 33.5 Å². The minimum Gasteiger partial charge on any atom is -0.447 e. The number of carbonyl (C=O) groups is 7. The van der Waals surface area contributed by atoms with Gasteiger partial charge in [0.2, 0.25) is 29.4 Å². The van der Waals surface area contributed by atoms with Crippen molar-refractivity contribution < 1.29 is 38.3 Å². The second kappa shape index (κ2) is 16.2. The summed E-state index contributed by atoms with van der Waals surface area (Å²) in [5.74, 6) is -4.37. The van der Waals surface area contributed by atoms with Crippen LogP contribution in [-0.4, -0.2) is 103 Å². The molecule has 14 heteroatoms. The summed E-state index contributed by atoms with van der Waals surface area (Å²) in [6.45, 7) is 16.2. The molecular weight excluding hydrogens is 656 g/mol. The van der Waals surface area contributed by atoms with Crippen molar-refractivity contribution in [2.45, 2.75) is 99.0 Å². The van der Waals surface area contributed by atoms with Crippen molar-refractivity contribution in [2.75, 3.05) is 27.2 Å². The maximum absolute atomic E-state index is 14.1. The Morgan fingerprint density at radius 1 is 0.941 bits per heavy atom. The van der Waals surface area contributed by atoms with E-state index in [4.69, 9.17) is 4.74 Å². The van der Waals surface area contributed by atoms with Gasteiger partial charge in [-0.3, -0.25) is 28.8 Å². The summed E-state index contributed by atoms with van der Waals surface area (Å²) < 4.78 is 5.24. The molecule has 4 N–H and O–H groups in total. The van der Waals surface area contributed by atoms with E-state index >= 15 is 0 Å². The summed E-state index contributed by atoms with van der Waals surface area (Å²) in [5.41, 5.74) is -0.418. The number of fused-ring (bicyclic) bond motifs is 1. The SMILES string of the molecule is CC(C)CC(NC(=O)[C@@H]1[C@@H]2[C@H](CN1C(=O)[C@@H](NC(=O)OC(C)C)C(C)(C)C)C2(C)C)C(=O)C(=O)NCC(=O)N[C@H](C(=O)N(C)C)c1ccccc1. The Kier molecular flexibility index (Phi) is 13.0. The molecule has 0 spiro atoms. The molecule has 1 unspecified atom stereocenters. The van der Waals surface area contributed by atoms with Gasteiger partial charge in [0.1, 0.15) is 18.1 Å². The Bertz CT molecular complexity index is 1490. The number of alkyl carbamates (subject to hydrolysis) is 1. The number of Topliss-reactive ketones (excluding diaryl/α,β-unsaturated/α-hetero) is 1. The van der Waals surface area contributed by atoms with Gasteiger partial charge >= 0.3 is 6.09 Å². The number of nitrogens with zero attached hydrogens (tertiary/aromatic N) is 2. The lowest BCUT2D eigenvalue weighted by Crippen LogP contribution is -2.60. The fraction of sp³-hybridized carbons (Fsp3) is 0.649. The van der Waals surface area contributed by atoms with E-state index < -0.39 is 77.7 Å². The average Bonchev–Trinajstić information content (AvgIpc) is 3.33. The van der Waals surface area contributed by atoms with E-state index in [0.29, 0.717) is 12.1 Å². The fourth-order valence-electron chi connectivity index (χ4n) is 6.76. The van der Waals surface area contributed by atoms with Crippen molar-refractivity contribution in [3.63, 3.8) is 0 Å². The second-order valence-electron chi connectivity index (χ2n) is 16.2. The van der Waals surface area contributed by atoms with E-state index in [-0.39, 0.29) is 35.5 Å². The van der Waals surface area contributed by atoms with Crippen molar-refractivity contribution >= 4 is 41.4 Å². The highest BCUT2D eigenvalue weighted by Gasteiger charge is 2.70. The van der Waals surface area contributed by atoms with Crippen LogP contribution < -0.4 is 21.3 Å². The first-order valence-electron chi connectivity index (χ1n) is 17.5. The zero-order chi connectivity index (χ0) is 38.6. The monoisotopic (exact) mass is 712 g/mol. The summed E-state index contributed by atoms with van der Waals surface area (Å²) in [6, 6.07) is 4.45. The van der Waals surface area contributed by atoms with Gasteiger partial charge in [0.15, 0.2) is 0 Å². The predicted octanol–water partition coefficient (Wildman–Crippen LogP) is 2.18. The number of ketones is 1. The van der Waals surface area contributed by atoms with E-state index in [1.165, 1.54) is 9.80 Å². The number of carbonyl (C=O) groups excluding carboxylic acids is 7. The van der Waals surface area contributed by atoms with Crippen LogP contribution in [0.25, 0.3) is 0 Å². The number of rotatable bonds is 14. The van der Waals surface area contributed by atoms with Crippen molar-refractivity contribution in [1.29, 1.82) is 0 Å². The number of piperidine rings is 1. The molecule has 0 bridgehead atoms. The first-order valence-corrected chi connectivity index (χ1v) is 17.5. The summed E-state index contributed by atoms with van der Waals surface area (Å²) in [7, 11) is 3.12. The van der Waals surface area contributed by atoms with Crippen LogP contribution in [0.15, 0.2) is 30.3 Å². The van der Waals surface area contributed by atoms with Gasteiger partial charge in [-0.25, -0.2) is 4.79 Å². The number of nitrogens with one attached hydrogen (secondary N) is 4. The number of ether oxygens (including phenoxy) is 1. The molecule has 6 atom stereocenters. The highest BCUT2D eigenvalue weighted by Crippen LogP contribution is 2.65. The van der Waals surface area contributed by atoms with Gasteiger partial charge in [0, 0.05) is 20.6 Å². The van der Waals surface area contributed by atoms with Crippen LogP contribution in [0.3, 0.4) is 0 Å². The van der Waals surface area contributed by atoms with Crippen molar-refractivity contribution in [1.82, 2.24) is 31.1 Å². The highest BCUT2D eigenvalue weighted by atomic mass is 16.6. The maximum atomic E-state index is 14.1. The second-order valence-corrected chi connectivity index (χ2v) is 16.2. The van der Waals surface area contributed by atoms with Crippen LogP contribution in [0.1, 0.15) is 80.3 Å². The van der Waals surface area contributed by atoms with Crippen LogP contribution in [0.5, 0.6) is 0 Å². The lowest BCUT2D eigenvalue weighted by atomic mass is 9.85. The van der Waals surface area contributed by atoms with Gasteiger partial charge < -0.3 is 35.8 Å². The fourth-order valence-corrected chi connectivity index (χ4v) is 6.76. The van der Waals surface area contributed by atoms with Gasteiger partial charge in [-0.1, -0.05) is 78.8 Å². The zero-order valence-electron chi connectivity index (χ0n) is 31.8. The van der Waals surface area contributed by atoms with E-state index in [9.17, 15) is 33.6 Å². The smallest absolute Gasteiger partial charge is 0.408 e. The molecule has 1 aliphatic heterocycles. The zero-order valence-corrected chi connectivity index (χ0v) is 31.8. The summed E-state index contributed by atoms with van der Waals surface area (Å²) in [5, 5.41) is 10.4. The molecule has 1 saturated carbocycles. The molecule has 282 valence electrons. The van der Waals surface area contributed by atoms with E-state index in [1.807, 2.05) is 27.7 Å². The number of likely N-dealkylation sites (N-methyl/N-ethyl adjacent to an activating group) is 1. The van der Waals surface area contributed by atoms with Crippen LogP contribution in [0.2, 0.25) is 0 Å². The highest BCUT2D eigenvalue weighted by molar-refractivity contribution is 6.38. The standard InChI is InChI=1S/C37H56N6O8/c1-20(2)17-24(29(45)32(47)38-18-25(44)40-27(33(48)42(10)11)22-15-13-12-14-16-22)39-31(46)28-26-23(37(26,8)9)19-43(28)34(49)30(36(5,6)7)41-35(50)51-21(3)4/h12-16,20-21,23-24,26-28,30H,17-19H2,1-11H3,(H,38,47)(H,39,46)(H,40,44)(H,41,50)/t23-,24?,26-,27-,28-,30+/m0/s1. The maximum Gasteiger partial charge on any atom is 0.408 e. The quantitative estimate of drug-likeness (QED) is 0.212. The summed E-state index contributed by atoms with van der Waals surface area (Å²) in [6.07, 6.45) is -1.02. The third-order valence-corrected chi connectivity index (χ3v) is 9.58. The van der Waals surface area contributed by atoms with Crippen molar-refractivity contribution in [3.8, 4) is 0 Å². The molecule has 1 heterocycles. The molecular formula is C37H56N6O8. The Hall–Kier alpha value is -4.49. The first-order chi connectivity index (χ1) is 23.6. The van der Waals surface area contributed by atoms with Gasteiger partial charge in [-0.05, 0) is 54.4 Å². The molecule has 1 aromatic rings. The Balaban J connectivity index is 1.76. The Labute approximate surface area is 301 Å². The number of benzene rings is 1. The molecule has 3 rings (SSSR count). The largest absolute Gasteiger partial charge is 0.447 e. The topological polar surface area (TPSA) is 183 Å². The third-order valence-electron chi connectivity index (χ3n) is 9.58. The molecule has 0 radical (unpaired) electrons. The number of amides is 6. The van der Waals surface area contributed by atoms with E-state index in [1.54, 1.807) is 79.0 Å². The van der Waals surface area contributed by atoms with E-state index in [0.717, 1.165) is 0 Å². The minimum absolute atomic E-state index is 0.0283. The van der Waals surface area contributed by atoms with E-state index in [2.05, 4.69) is 21.3 Å². The first kappa shape index (κ1) is 40.9. The minimum atomic E-state index is -1.23. The number of hydrogen-bond donors (Lipinski definition) is 4. The lowest BCUT2D eigenvalue weighted by molar-refractivity contribution is -0.145. The van der Waals surface area contributed by atoms with Crippen molar-refractivity contribution in [2.24, 2.45) is 28.6 Å². The molecule has 2 aliphatic rings. The normalized spacial score (nSPS) is 20.7. The molecule has 2 fully saturated rings. The molecule has 6 amide bonds. The van der Waals surface area contributed by atoms with Crippen LogP contribution >= 0.6 is 0 Å². The number of likely N-dealkylation sites (tertiary alicyclic amines) is 1. The average molecular weight is 713 g/mol. The molecule has 14 nitrogen and oxygen atoms in total. The van der Waals surface area contributed by atoms with Gasteiger partial charge in [0.05, 0.1) is 18.7 Å². The molecule has 0 aromatic heterocycles. The molecule has 51 heavy (non-hydrogen) atoms. The molecule has 1 aliphatic carbocycles.